The zero-order valence-electron chi connectivity index (χ0n) is 12.4. The Labute approximate surface area is 126 Å². The van der Waals surface area contributed by atoms with Gasteiger partial charge in [0.2, 0.25) is 0 Å². The highest BCUT2D eigenvalue weighted by Crippen LogP contribution is 2.27. The lowest BCUT2D eigenvalue weighted by Crippen LogP contribution is -2.37. The van der Waals surface area contributed by atoms with E-state index in [1.807, 2.05) is 24.3 Å². The van der Waals surface area contributed by atoms with Crippen molar-refractivity contribution >= 4 is 23.2 Å². The van der Waals surface area contributed by atoms with Crippen molar-refractivity contribution in [1.82, 2.24) is 9.80 Å². The molecule has 1 aliphatic rings. The fourth-order valence-electron chi connectivity index (χ4n) is 2.59. The molecule has 110 valence electrons. The maximum Gasteiger partial charge on any atom is 0.198 e. The van der Waals surface area contributed by atoms with Gasteiger partial charge in [0.15, 0.2) is 5.96 Å². The molecule has 0 spiro atoms. The van der Waals surface area contributed by atoms with Crippen LogP contribution in [0, 0.1) is 5.41 Å². The van der Waals surface area contributed by atoms with Crippen molar-refractivity contribution in [2.45, 2.75) is 19.4 Å². The third-order valence-corrected chi connectivity index (χ3v) is 3.97. The second kappa shape index (κ2) is 6.46. The summed E-state index contributed by atoms with van der Waals surface area (Å²) in [6.45, 7) is 4.93. The van der Waals surface area contributed by atoms with Crippen LogP contribution in [0.1, 0.15) is 13.3 Å². The molecule has 1 aromatic rings. The van der Waals surface area contributed by atoms with E-state index < -0.39 is 0 Å². The Morgan fingerprint density at radius 2 is 1.95 bits per heavy atom. The van der Waals surface area contributed by atoms with Crippen LogP contribution < -0.4 is 4.90 Å². The van der Waals surface area contributed by atoms with E-state index >= 15 is 0 Å². The van der Waals surface area contributed by atoms with E-state index in [9.17, 15) is 0 Å². The Bertz CT molecular complexity index is 457. The Hall–Kier alpha value is -1.26. The summed E-state index contributed by atoms with van der Waals surface area (Å²) in [5.74, 6) is 0.596. The normalized spacial score (nSPS) is 19.2. The molecule has 1 heterocycles. The van der Waals surface area contributed by atoms with Crippen LogP contribution in [-0.2, 0) is 0 Å². The number of nitrogens with one attached hydrogen (secondary N) is 1. The van der Waals surface area contributed by atoms with Crippen molar-refractivity contribution in [2.24, 2.45) is 0 Å². The van der Waals surface area contributed by atoms with E-state index in [0.29, 0.717) is 12.0 Å². The van der Waals surface area contributed by atoms with Crippen molar-refractivity contribution in [3.05, 3.63) is 29.3 Å². The molecule has 1 N–H and O–H groups in total. The predicted octanol–water partition coefficient (Wildman–Crippen LogP) is 2.74. The molecule has 1 aromatic carbocycles. The molecule has 0 aromatic heterocycles. The van der Waals surface area contributed by atoms with E-state index in [1.54, 1.807) is 0 Å². The fraction of sp³-hybridized carbons (Fsp3) is 0.533. The van der Waals surface area contributed by atoms with Crippen LogP contribution in [-0.4, -0.2) is 55.5 Å². The van der Waals surface area contributed by atoms with Gasteiger partial charge in [-0.15, -0.1) is 0 Å². The van der Waals surface area contributed by atoms with Gasteiger partial charge in [0.05, 0.1) is 6.04 Å². The highest BCUT2D eigenvalue weighted by molar-refractivity contribution is 6.30. The SMILES string of the molecule is CCN1CC(CCN(C)C)N(c2ccc(Cl)cc2)C1=N. The maximum atomic E-state index is 8.38. The standard InChI is InChI=1S/C15H23ClN4/c1-4-19-11-14(9-10-18(2)3)20(15(19)17)13-7-5-12(16)6-8-13/h5-8,14,17H,4,9-11H2,1-3H3. The van der Waals surface area contributed by atoms with Crippen molar-refractivity contribution < 1.29 is 0 Å². The minimum Gasteiger partial charge on any atom is -0.341 e. The van der Waals surface area contributed by atoms with Crippen LogP contribution in [0.4, 0.5) is 5.69 Å². The number of guanidine groups is 1. The lowest BCUT2D eigenvalue weighted by Gasteiger charge is -2.26. The van der Waals surface area contributed by atoms with E-state index in [4.69, 9.17) is 17.0 Å². The Balaban J connectivity index is 2.20. The zero-order chi connectivity index (χ0) is 14.7. The summed E-state index contributed by atoms with van der Waals surface area (Å²) >= 11 is 5.96. The first-order valence-electron chi connectivity index (χ1n) is 7.06. The summed E-state index contributed by atoms with van der Waals surface area (Å²) in [6.07, 6.45) is 1.05. The monoisotopic (exact) mass is 294 g/mol. The molecule has 1 aliphatic heterocycles. The summed E-state index contributed by atoms with van der Waals surface area (Å²) in [5.41, 5.74) is 1.05. The molecule has 1 fully saturated rings. The molecule has 2 rings (SSSR count). The molecular weight excluding hydrogens is 272 g/mol. The molecule has 20 heavy (non-hydrogen) atoms. The number of hydrogen-bond donors (Lipinski definition) is 1. The first-order chi connectivity index (χ1) is 9.52. The number of halogens is 1. The molecule has 0 aliphatic carbocycles. The summed E-state index contributed by atoms with van der Waals surface area (Å²) < 4.78 is 0. The molecule has 1 atom stereocenters. The molecule has 4 nitrogen and oxygen atoms in total. The minimum atomic E-state index is 0.353. The van der Waals surface area contributed by atoms with Gasteiger partial charge in [0.25, 0.3) is 0 Å². The number of likely N-dealkylation sites (N-methyl/N-ethyl adjacent to an activating group) is 1. The average Bonchev–Trinajstić information content (AvgIpc) is 2.74. The second-order valence-corrected chi connectivity index (χ2v) is 5.89. The van der Waals surface area contributed by atoms with Crippen molar-refractivity contribution in [3.63, 3.8) is 0 Å². The van der Waals surface area contributed by atoms with E-state index in [0.717, 1.165) is 36.8 Å². The van der Waals surface area contributed by atoms with Crippen LogP contribution >= 0.6 is 11.6 Å². The molecule has 0 saturated carbocycles. The smallest absolute Gasteiger partial charge is 0.198 e. The number of benzene rings is 1. The van der Waals surface area contributed by atoms with Crippen LogP contribution in [0.5, 0.6) is 0 Å². The van der Waals surface area contributed by atoms with Gasteiger partial charge in [-0.1, -0.05) is 11.6 Å². The van der Waals surface area contributed by atoms with Gasteiger partial charge in [-0.05, 0) is 58.3 Å². The van der Waals surface area contributed by atoms with Crippen molar-refractivity contribution in [3.8, 4) is 0 Å². The third kappa shape index (κ3) is 3.25. The van der Waals surface area contributed by atoms with Gasteiger partial charge >= 0.3 is 0 Å². The summed E-state index contributed by atoms with van der Waals surface area (Å²) in [4.78, 5) is 6.44. The third-order valence-electron chi connectivity index (χ3n) is 3.72. The highest BCUT2D eigenvalue weighted by Gasteiger charge is 2.34. The minimum absolute atomic E-state index is 0.353. The zero-order valence-corrected chi connectivity index (χ0v) is 13.2. The summed E-state index contributed by atoms with van der Waals surface area (Å²) in [5, 5.41) is 9.11. The topological polar surface area (TPSA) is 33.6 Å². The van der Waals surface area contributed by atoms with Gasteiger partial charge in [-0.3, -0.25) is 5.41 Å². The molecule has 0 radical (unpaired) electrons. The van der Waals surface area contributed by atoms with Crippen molar-refractivity contribution in [2.75, 3.05) is 38.6 Å². The fourth-order valence-corrected chi connectivity index (χ4v) is 2.72. The van der Waals surface area contributed by atoms with Crippen LogP contribution in [0.2, 0.25) is 5.02 Å². The first-order valence-corrected chi connectivity index (χ1v) is 7.43. The quantitative estimate of drug-likeness (QED) is 0.906. The number of anilines is 1. The summed E-state index contributed by atoms with van der Waals surface area (Å²) in [7, 11) is 4.18. The van der Waals surface area contributed by atoms with E-state index in [-0.39, 0.29) is 0 Å². The van der Waals surface area contributed by atoms with Gasteiger partial charge in [-0.2, -0.15) is 0 Å². The van der Waals surface area contributed by atoms with Crippen LogP contribution in [0.15, 0.2) is 24.3 Å². The lowest BCUT2D eigenvalue weighted by atomic mass is 10.1. The molecule has 1 saturated heterocycles. The molecule has 0 amide bonds. The highest BCUT2D eigenvalue weighted by atomic mass is 35.5. The molecule has 1 unspecified atom stereocenters. The lowest BCUT2D eigenvalue weighted by molar-refractivity contribution is 0.366. The predicted molar refractivity (Wildman–Crippen MR) is 85.9 cm³/mol. The maximum absolute atomic E-state index is 8.38. The number of nitrogens with zero attached hydrogens (tertiary/aromatic N) is 3. The van der Waals surface area contributed by atoms with Crippen LogP contribution in [0.3, 0.4) is 0 Å². The molecule has 0 bridgehead atoms. The second-order valence-electron chi connectivity index (χ2n) is 5.45. The average molecular weight is 295 g/mol. The van der Waals surface area contributed by atoms with E-state index in [2.05, 4.69) is 35.7 Å². The Morgan fingerprint density at radius 3 is 2.50 bits per heavy atom. The van der Waals surface area contributed by atoms with Gasteiger partial charge in [0, 0.05) is 23.8 Å². The van der Waals surface area contributed by atoms with E-state index in [1.165, 1.54) is 0 Å². The van der Waals surface area contributed by atoms with Gasteiger partial charge in [0.1, 0.15) is 0 Å². The van der Waals surface area contributed by atoms with Gasteiger partial charge < -0.3 is 14.7 Å². The first kappa shape index (κ1) is 15.1. The van der Waals surface area contributed by atoms with Crippen molar-refractivity contribution in [1.29, 1.82) is 5.41 Å². The number of hydrogen-bond acceptors (Lipinski definition) is 2. The largest absolute Gasteiger partial charge is 0.341 e. The summed E-state index contributed by atoms with van der Waals surface area (Å²) in [6, 6.07) is 8.13. The Morgan fingerprint density at radius 1 is 1.30 bits per heavy atom. The number of rotatable bonds is 5. The Kier molecular flexibility index (Phi) is 4.89. The van der Waals surface area contributed by atoms with Gasteiger partial charge in [-0.25, -0.2) is 0 Å². The molecule has 5 heteroatoms. The molecular formula is C15H23ClN4. The van der Waals surface area contributed by atoms with Crippen LogP contribution in [0.25, 0.3) is 0 Å².